The Balaban J connectivity index is 1.42. The molecule has 244 valence electrons. The minimum Gasteiger partial charge on any atom is -0.497 e. The first-order valence-corrected chi connectivity index (χ1v) is 15.4. The highest BCUT2D eigenvalue weighted by Gasteiger charge is 2.57. The summed E-state index contributed by atoms with van der Waals surface area (Å²) in [5.74, 6) is -4.58. The smallest absolute Gasteiger partial charge is 0.418 e. The number of benzene rings is 3. The van der Waals surface area contributed by atoms with Gasteiger partial charge in [-0.1, -0.05) is 59.5 Å². The second-order valence-electron chi connectivity index (χ2n) is 10.6. The van der Waals surface area contributed by atoms with Crippen molar-refractivity contribution in [3.05, 3.63) is 104 Å². The van der Waals surface area contributed by atoms with Crippen LogP contribution in [0.2, 0.25) is 0 Å². The fraction of sp³-hybridized carbons (Fsp3) is 0.226. The molecule has 3 amide bonds. The van der Waals surface area contributed by atoms with Gasteiger partial charge in [0.2, 0.25) is 17.7 Å². The number of methoxy groups -OCH3 is 1. The maximum Gasteiger partial charge on any atom is 0.418 e. The highest BCUT2D eigenvalue weighted by molar-refractivity contribution is 8.00. The minimum absolute atomic E-state index is 0.105. The van der Waals surface area contributed by atoms with Crippen LogP contribution in [0.15, 0.2) is 82.6 Å². The van der Waals surface area contributed by atoms with E-state index in [1.54, 1.807) is 24.3 Å². The molecule has 8 nitrogen and oxygen atoms in total. The number of halogens is 6. The maximum atomic E-state index is 14.0. The third-order valence-electron chi connectivity index (χ3n) is 7.78. The first kappa shape index (κ1) is 32.4. The van der Waals surface area contributed by atoms with Gasteiger partial charge in [0.25, 0.3) is 0 Å². The monoisotopic (exact) mass is 693 g/mol. The molecular weight excluding hydrogens is 672 g/mol. The lowest BCUT2D eigenvalue weighted by Crippen LogP contribution is -2.33. The summed E-state index contributed by atoms with van der Waals surface area (Å²) in [6.07, 6.45) is -9.66. The molecule has 1 aromatic heterocycles. The van der Waals surface area contributed by atoms with Gasteiger partial charge in [-0.3, -0.25) is 23.7 Å². The molecule has 2 aliphatic rings. The first-order valence-electron chi connectivity index (χ1n) is 13.7. The number of nitrogens with zero attached hydrogens (tertiary/aromatic N) is 2. The van der Waals surface area contributed by atoms with Crippen LogP contribution in [0.1, 0.15) is 27.5 Å². The number of ether oxygens (including phenoxy) is 1. The van der Waals surface area contributed by atoms with E-state index in [4.69, 9.17) is 4.74 Å². The summed E-state index contributed by atoms with van der Waals surface area (Å²) >= 11 is 1.43. The van der Waals surface area contributed by atoms with Crippen LogP contribution < -0.4 is 19.8 Å². The molecule has 3 aromatic carbocycles. The molecule has 3 heterocycles. The molecular formula is C31H21F6N3O5S2. The van der Waals surface area contributed by atoms with Crippen LogP contribution >= 0.6 is 23.1 Å². The van der Waals surface area contributed by atoms with Crippen molar-refractivity contribution in [3.63, 3.8) is 0 Å². The summed E-state index contributed by atoms with van der Waals surface area (Å²) in [5, 5.41) is 0.994. The van der Waals surface area contributed by atoms with Crippen molar-refractivity contribution in [1.82, 2.24) is 4.57 Å². The maximum absolute atomic E-state index is 14.0. The first-order chi connectivity index (χ1) is 22.2. The number of carbonyl (C=O) groups excluding carboxylic acids is 3. The van der Waals surface area contributed by atoms with E-state index in [-0.39, 0.29) is 9.90 Å². The Bertz CT molecular complexity index is 1950. The molecule has 4 aromatic rings. The number of aromatic nitrogens is 1. The van der Waals surface area contributed by atoms with Crippen LogP contribution in [0.25, 0.3) is 0 Å². The highest BCUT2D eigenvalue weighted by Crippen LogP contribution is 2.54. The van der Waals surface area contributed by atoms with E-state index in [9.17, 15) is 45.5 Å². The SMILES string of the molecule is COc1ccc([C@@H]2c3sc(=O)n(CC(=O)Nc4ccccc4C(F)(F)F)c3S[C@H]3C(=O)N(c4ccccc4C(F)(F)F)C(=O)[C@@H]23)cc1. The van der Waals surface area contributed by atoms with E-state index in [1.807, 2.05) is 0 Å². The molecule has 47 heavy (non-hydrogen) atoms. The van der Waals surface area contributed by atoms with Crippen molar-refractivity contribution >= 4 is 52.2 Å². The van der Waals surface area contributed by atoms with Crippen LogP contribution in [0.5, 0.6) is 5.75 Å². The predicted octanol–water partition coefficient (Wildman–Crippen LogP) is 6.39. The molecule has 0 radical (unpaired) electrons. The summed E-state index contributed by atoms with van der Waals surface area (Å²) in [5.41, 5.74) is -3.00. The Labute approximate surface area is 269 Å². The van der Waals surface area contributed by atoms with Gasteiger partial charge in [-0.15, -0.1) is 0 Å². The normalized spacial score (nSPS) is 19.4. The number of carbonyl (C=O) groups is 3. The lowest BCUT2D eigenvalue weighted by Gasteiger charge is -2.30. The molecule has 0 aliphatic carbocycles. The lowest BCUT2D eigenvalue weighted by molar-refractivity contribution is -0.138. The van der Waals surface area contributed by atoms with Crippen LogP contribution in [0.3, 0.4) is 0 Å². The standard InChI is InChI=1S/C31H21F6N3O5S2/c1-45-16-12-10-15(11-13-16)22-23-24(27(43)40(26(23)42)20-9-5-3-7-18(20)31(35,36)37)46-28-25(22)47-29(44)39(28)14-21(41)38-19-8-4-2-6-17(19)30(32,33)34/h2-13,22-24H,14H2,1H3,(H,38,41)/t22-,23-,24+/m0/s1. The third kappa shape index (κ3) is 5.79. The van der Waals surface area contributed by atoms with Gasteiger partial charge in [-0.25, -0.2) is 4.90 Å². The molecule has 6 rings (SSSR count). The van der Waals surface area contributed by atoms with E-state index in [1.165, 1.54) is 19.2 Å². The Hall–Kier alpha value is -4.57. The molecule has 1 fully saturated rings. The Morgan fingerprint density at radius 1 is 0.851 bits per heavy atom. The lowest BCUT2D eigenvalue weighted by atomic mass is 9.83. The van der Waals surface area contributed by atoms with E-state index in [2.05, 4.69) is 5.32 Å². The van der Waals surface area contributed by atoms with Gasteiger partial charge in [0.05, 0.1) is 40.6 Å². The number of amides is 3. The number of alkyl halides is 6. The second kappa shape index (κ2) is 11.9. The Morgan fingerprint density at radius 2 is 1.47 bits per heavy atom. The van der Waals surface area contributed by atoms with Crippen LogP contribution in [-0.2, 0) is 33.3 Å². The van der Waals surface area contributed by atoms with Gasteiger partial charge < -0.3 is 10.1 Å². The van der Waals surface area contributed by atoms with Gasteiger partial charge >= 0.3 is 17.2 Å². The third-order valence-corrected chi connectivity index (χ3v) is 10.4. The van der Waals surface area contributed by atoms with Gasteiger partial charge in [-0.05, 0) is 42.0 Å². The zero-order chi connectivity index (χ0) is 33.8. The molecule has 0 unspecified atom stereocenters. The van der Waals surface area contributed by atoms with Crippen molar-refractivity contribution in [2.45, 2.75) is 35.1 Å². The molecule has 3 atom stereocenters. The summed E-state index contributed by atoms with van der Waals surface area (Å²) < 4.78 is 88.6. The van der Waals surface area contributed by atoms with Crippen molar-refractivity contribution in [2.75, 3.05) is 17.3 Å². The molecule has 0 bridgehead atoms. The highest BCUT2D eigenvalue weighted by atomic mass is 32.2. The quantitative estimate of drug-likeness (QED) is 0.186. The number of fused-ring (bicyclic) bond motifs is 2. The van der Waals surface area contributed by atoms with Crippen molar-refractivity contribution < 1.29 is 45.5 Å². The van der Waals surface area contributed by atoms with Crippen molar-refractivity contribution in [2.24, 2.45) is 5.92 Å². The summed E-state index contributed by atoms with van der Waals surface area (Å²) in [7, 11) is 1.43. The Kier molecular flexibility index (Phi) is 8.20. The predicted molar refractivity (Wildman–Crippen MR) is 161 cm³/mol. The average Bonchev–Trinajstić information content (AvgIpc) is 3.46. The van der Waals surface area contributed by atoms with Crippen LogP contribution in [0.4, 0.5) is 37.7 Å². The summed E-state index contributed by atoms with van der Waals surface area (Å²) in [4.78, 5) is 54.3. The number of thiazole rings is 1. The summed E-state index contributed by atoms with van der Waals surface area (Å²) in [6, 6.07) is 14.8. The van der Waals surface area contributed by atoms with Gasteiger partial charge in [0.15, 0.2) is 0 Å². The number of hydrogen-bond donors (Lipinski definition) is 1. The number of hydrogen-bond acceptors (Lipinski definition) is 7. The molecule has 1 saturated heterocycles. The van der Waals surface area contributed by atoms with E-state index < -0.39 is 81.1 Å². The molecule has 0 saturated carbocycles. The topological polar surface area (TPSA) is 97.7 Å². The number of rotatable bonds is 6. The van der Waals surface area contributed by atoms with Gasteiger partial charge in [-0.2, -0.15) is 26.3 Å². The average molecular weight is 694 g/mol. The Morgan fingerprint density at radius 3 is 2.11 bits per heavy atom. The van der Waals surface area contributed by atoms with Gasteiger partial charge in [0, 0.05) is 10.8 Å². The number of para-hydroxylation sites is 2. The van der Waals surface area contributed by atoms with E-state index in [0.29, 0.717) is 27.5 Å². The fourth-order valence-corrected chi connectivity index (χ4v) is 8.52. The molecule has 0 spiro atoms. The largest absolute Gasteiger partial charge is 0.497 e. The summed E-state index contributed by atoms with van der Waals surface area (Å²) in [6.45, 7) is -0.737. The number of anilines is 2. The van der Waals surface area contributed by atoms with E-state index >= 15 is 0 Å². The molecule has 1 N–H and O–H groups in total. The van der Waals surface area contributed by atoms with Crippen LogP contribution in [-0.4, -0.2) is 34.6 Å². The second-order valence-corrected chi connectivity index (χ2v) is 12.7. The molecule has 2 aliphatic heterocycles. The van der Waals surface area contributed by atoms with Crippen molar-refractivity contribution in [1.29, 1.82) is 0 Å². The van der Waals surface area contributed by atoms with Crippen molar-refractivity contribution in [3.8, 4) is 5.75 Å². The number of nitrogens with one attached hydrogen (secondary N) is 1. The number of imide groups is 1. The zero-order valence-corrected chi connectivity index (χ0v) is 25.5. The minimum atomic E-state index is -4.88. The van der Waals surface area contributed by atoms with Crippen LogP contribution in [0, 0.1) is 5.92 Å². The van der Waals surface area contributed by atoms with E-state index in [0.717, 1.165) is 52.7 Å². The number of thioether (sulfide) groups is 1. The zero-order valence-electron chi connectivity index (χ0n) is 23.9. The fourth-order valence-electron chi connectivity index (χ4n) is 5.74. The molecule has 16 heteroatoms. The van der Waals surface area contributed by atoms with Gasteiger partial charge in [0.1, 0.15) is 17.5 Å².